The number of nitrogens with one attached hydrogen (secondary N) is 2. The molecule has 1 aromatic carbocycles. The highest BCUT2D eigenvalue weighted by Gasteiger charge is 2.30. The van der Waals surface area contributed by atoms with Gasteiger partial charge < -0.3 is 5.32 Å². The van der Waals surface area contributed by atoms with Crippen molar-refractivity contribution in [1.29, 1.82) is 0 Å². The summed E-state index contributed by atoms with van der Waals surface area (Å²) in [5.41, 5.74) is -0.104. The van der Waals surface area contributed by atoms with Gasteiger partial charge in [0.25, 0.3) is 0 Å². The zero-order chi connectivity index (χ0) is 19.5. The Hall–Kier alpha value is -2.14. The van der Waals surface area contributed by atoms with Crippen LogP contribution < -0.4 is 10.0 Å². The molecule has 0 aliphatic carbocycles. The highest BCUT2D eigenvalue weighted by Crippen LogP contribution is 2.30. The first kappa shape index (κ1) is 20.2. The summed E-state index contributed by atoms with van der Waals surface area (Å²) in [7, 11) is -3.46. The van der Waals surface area contributed by atoms with Crippen molar-refractivity contribution in [1.82, 2.24) is 10.3 Å². The van der Waals surface area contributed by atoms with Gasteiger partial charge in [0.1, 0.15) is 0 Å². The van der Waals surface area contributed by atoms with Crippen LogP contribution in [0.2, 0.25) is 0 Å². The fourth-order valence-corrected chi connectivity index (χ4v) is 3.68. The maximum atomic E-state index is 12.8. The number of halogens is 3. The van der Waals surface area contributed by atoms with E-state index in [-0.39, 0.29) is 11.6 Å². The number of carbonyl (C=O) groups excluding carboxylic acids is 1. The monoisotopic (exact) mass is 407 g/mol. The molecule has 2 rings (SSSR count). The standard InChI is InChI=1S/C15H16F3N3O3S2/c1-9(10-4-3-5-11(6-10)15(16,17)18)19-13(22)7-12-8-25-14(20-12)21-26(2,23)24/h3-6,8-9H,7H2,1-2H3,(H,19,22)(H,20,21). The summed E-state index contributed by atoms with van der Waals surface area (Å²) in [6.45, 7) is 1.57. The van der Waals surface area contributed by atoms with Crippen molar-refractivity contribution in [3.8, 4) is 0 Å². The molecule has 0 radical (unpaired) electrons. The predicted molar refractivity (Wildman–Crippen MR) is 92.3 cm³/mol. The molecule has 0 spiro atoms. The Labute approximate surface area is 152 Å². The van der Waals surface area contributed by atoms with E-state index >= 15 is 0 Å². The fourth-order valence-electron chi connectivity index (χ4n) is 2.12. The van der Waals surface area contributed by atoms with Gasteiger partial charge in [-0.05, 0) is 24.6 Å². The number of alkyl halides is 3. The van der Waals surface area contributed by atoms with E-state index < -0.39 is 33.7 Å². The topological polar surface area (TPSA) is 88.2 Å². The van der Waals surface area contributed by atoms with Crippen molar-refractivity contribution >= 4 is 32.4 Å². The second kappa shape index (κ2) is 7.62. The lowest BCUT2D eigenvalue weighted by atomic mass is 10.0. The van der Waals surface area contributed by atoms with Gasteiger partial charge in [-0.3, -0.25) is 9.52 Å². The van der Waals surface area contributed by atoms with Crippen LogP contribution in [0.1, 0.15) is 29.8 Å². The molecule has 1 amide bonds. The van der Waals surface area contributed by atoms with E-state index in [0.717, 1.165) is 29.7 Å². The first-order valence-electron chi connectivity index (χ1n) is 7.33. The number of benzene rings is 1. The molecule has 1 heterocycles. The van der Waals surface area contributed by atoms with Gasteiger partial charge in [-0.2, -0.15) is 13.2 Å². The number of sulfonamides is 1. The number of amides is 1. The first-order chi connectivity index (χ1) is 11.9. The van der Waals surface area contributed by atoms with Gasteiger partial charge in [0, 0.05) is 5.38 Å². The third kappa shape index (κ3) is 5.99. The molecule has 2 N–H and O–H groups in total. The quantitative estimate of drug-likeness (QED) is 0.771. The fraction of sp³-hybridized carbons (Fsp3) is 0.333. The van der Waals surface area contributed by atoms with Crippen molar-refractivity contribution in [2.45, 2.75) is 25.6 Å². The second-order valence-electron chi connectivity index (χ2n) is 5.61. The van der Waals surface area contributed by atoms with Gasteiger partial charge in [-0.1, -0.05) is 12.1 Å². The van der Waals surface area contributed by atoms with Crippen LogP contribution in [0.25, 0.3) is 0 Å². The molecule has 1 aromatic heterocycles. The second-order valence-corrected chi connectivity index (χ2v) is 8.21. The molecule has 6 nitrogen and oxygen atoms in total. The van der Waals surface area contributed by atoms with Crippen LogP contribution in [-0.2, 0) is 27.4 Å². The minimum Gasteiger partial charge on any atom is -0.349 e. The molecule has 0 aliphatic heterocycles. The van der Waals surface area contributed by atoms with Crippen molar-refractivity contribution in [2.24, 2.45) is 0 Å². The van der Waals surface area contributed by atoms with Crippen molar-refractivity contribution in [2.75, 3.05) is 11.0 Å². The Kier molecular flexibility index (Phi) is 5.91. The number of carbonyl (C=O) groups is 1. The number of aromatic nitrogens is 1. The van der Waals surface area contributed by atoms with Crippen molar-refractivity contribution in [3.63, 3.8) is 0 Å². The number of nitrogens with zero attached hydrogens (tertiary/aromatic N) is 1. The van der Waals surface area contributed by atoms with Gasteiger partial charge in [-0.25, -0.2) is 13.4 Å². The molecule has 0 bridgehead atoms. The van der Waals surface area contributed by atoms with E-state index in [9.17, 15) is 26.4 Å². The highest BCUT2D eigenvalue weighted by molar-refractivity contribution is 7.92. The van der Waals surface area contributed by atoms with Gasteiger partial charge in [-0.15, -0.1) is 11.3 Å². The number of hydrogen-bond donors (Lipinski definition) is 2. The van der Waals surface area contributed by atoms with E-state index in [0.29, 0.717) is 11.3 Å². The van der Waals surface area contributed by atoms with Gasteiger partial charge in [0.05, 0.1) is 30.0 Å². The summed E-state index contributed by atoms with van der Waals surface area (Å²) in [5, 5.41) is 4.27. The van der Waals surface area contributed by atoms with Crippen LogP contribution in [0, 0.1) is 0 Å². The predicted octanol–water partition coefficient (Wildman–Crippen LogP) is 2.95. The van der Waals surface area contributed by atoms with Gasteiger partial charge >= 0.3 is 6.18 Å². The van der Waals surface area contributed by atoms with E-state index in [1.807, 2.05) is 0 Å². The van der Waals surface area contributed by atoms with Gasteiger partial charge in [0.15, 0.2) is 5.13 Å². The summed E-state index contributed by atoms with van der Waals surface area (Å²) in [6, 6.07) is 4.10. The van der Waals surface area contributed by atoms with Crippen LogP contribution in [0.4, 0.5) is 18.3 Å². The Balaban J connectivity index is 1.99. The summed E-state index contributed by atoms with van der Waals surface area (Å²) < 4.78 is 62.7. The molecule has 2 aromatic rings. The van der Waals surface area contributed by atoms with Crippen LogP contribution in [0.3, 0.4) is 0 Å². The molecule has 0 aliphatic rings. The molecule has 0 saturated heterocycles. The van der Waals surface area contributed by atoms with Crippen LogP contribution in [-0.4, -0.2) is 25.6 Å². The molecular weight excluding hydrogens is 391 g/mol. The zero-order valence-corrected chi connectivity index (χ0v) is 15.4. The molecule has 1 unspecified atom stereocenters. The minimum absolute atomic E-state index is 0.120. The summed E-state index contributed by atoms with van der Waals surface area (Å²) >= 11 is 1.03. The third-order valence-corrected chi connectivity index (χ3v) is 4.76. The van der Waals surface area contributed by atoms with Crippen LogP contribution in [0.15, 0.2) is 29.6 Å². The molecule has 1 atom stereocenters. The summed E-state index contributed by atoms with van der Waals surface area (Å²) in [6.07, 6.45) is -3.59. The molecule has 142 valence electrons. The van der Waals surface area contributed by atoms with E-state index in [1.54, 1.807) is 6.92 Å². The smallest absolute Gasteiger partial charge is 0.349 e. The Bertz CT molecular complexity index is 895. The van der Waals surface area contributed by atoms with Gasteiger partial charge in [0.2, 0.25) is 15.9 Å². The molecule has 26 heavy (non-hydrogen) atoms. The summed E-state index contributed by atoms with van der Waals surface area (Å²) in [4.78, 5) is 16.0. The third-order valence-electron chi connectivity index (χ3n) is 3.26. The number of rotatable bonds is 6. The lowest BCUT2D eigenvalue weighted by molar-refractivity contribution is -0.137. The van der Waals surface area contributed by atoms with Crippen molar-refractivity contribution < 1.29 is 26.4 Å². The Morgan fingerprint density at radius 2 is 2.04 bits per heavy atom. The Morgan fingerprint density at radius 3 is 2.65 bits per heavy atom. The highest BCUT2D eigenvalue weighted by atomic mass is 32.2. The first-order valence-corrected chi connectivity index (χ1v) is 10.1. The normalized spacial score (nSPS) is 13.3. The molecule has 0 fully saturated rings. The maximum absolute atomic E-state index is 12.8. The number of thiazole rings is 1. The molecular formula is C15H16F3N3O3S2. The SMILES string of the molecule is CC(NC(=O)Cc1csc(NS(C)(=O)=O)n1)c1cccc(C(F)(F)F)c1. The zero-order valence-electron chi connectivity index (χ0n) is 13.8. The largest absolute Gasteiger partial charge is 0.416 e. The van der Waals surface area contributed by atoms with E-state index in [4.69, 9.17) is 0 Å². The average Bonchev–Trinajstić information content (AvgIpc) is 2.91. The Morgan fingerprint density at radius 1 is 1.35 bits per heavy atom. The average molecular weight is 407 g/mol. The maximum Gasteiger partial charge on any atom is 0.416 e. The van der Waals surface area contributed by atoms with E-state index in [1.165, 1.54) is 17.5 Å². The summed E-state index contributed by atoms with van der Waals surface area (Å²) in [5.74, 6) is -0.439. The van der Waals surface area contributed by atoms with Crippen molar-refractivity contribution in [3.05, 3.63) is 46.5 Å². The van der Waals surface area contributed by atoms with Crippen LogP contribution >= 0.6 is 11.3 Å². The lowest BCUT2D eigenvalue weighted by Crippen LogP contribution is -2.28. The lowest BCUT2D eigenvalue weighted by Gasteiger charge is -2.16. The van der Waals surface area contributed by atoms with Crippen LogP contribution in [0.5, 0.6) is 0 Å². The molecule has 11 heteroatoms. The molecule has 0 saturated carbocycles. The van der Waals surface area contributed by atoms with E-state index in [2.05, 4.69) is 15.0 Å². The minimum atomic E-state index is -4.46. The number of anilines is 1. The number of hydrogen-bond acceptors (Lipinski definition) is 5.